The number of imidazole rings is 1. The molecule has 1 amide bonds. The Kier molecular flexibility index (Phi) is 5.10. The second kappa shape index (κ2) is 7.13. The number of carbonyl (C=O) groups excluding carboxylic acids is 1. The molecule has 0 spiro atoms. The van der Waals surface area contributed by atoms with Gasteiger partial charge in [0.25, 0.3) is 0 Å². The summed E-state index contributed by atoms with van der Waals surface area (Å²) >= 11 is 0. The van der Waals surface area contributed by atoms with Gasteiger partial charge in [0.1, 0.15) is 5.65 Å². The highest BCUT2D eigenvalue weighted by Gasteiger charge is 2.30. The quantitative estimate of drug-likeness (QED) is 0.818. The molecule has 1 atom stereocenters. The third-order valence-electron chi connectivity index (χ3n) is 4.74. The maximum Gasteiger partial charge on any atom is 0.221 e. The van der Waals surface area contributed by atoms with E-state index in [0.29, 0.717) is 25.9 Å². The van der Waals surface area contributed by atoms with Crippen molar-refractivity contribution < 1.29 is 13.2 Å². The molecule has 136 valence electrons. The lowest BCUT2D eigenvalue weighted by atomic mass is 10.2. The fraction of sp³-hybridized carbons (Fsp3) is 0.529. The maximum absolute atomic E-state index is 12.1. The van der Waals surface area contributed by atoms with E-state index in [1.807, 2.05) is 47.7 Å². The van der Waals surface area contributed by atoms with Gasteiger partial charge in [-0.1, -0.05) is 6.07 Å². The van der Waals surface area contributed by atoms with Crippen LogP contribution in [0.2, 0.25) is 0 Å². The molecule has 7 nitrogen and oxygen atoms in total. The first-order valence-electron chi connectivity index (χ1n) is 8.45. The lowest BCUT2D eigenvalue weighted by Crippen LogP contribution is -2.36. The fourth-order valence-electron chi connectivity index (χ4n) is 3.15. The largest absolute Gasteiger partial charge is 0.350 e. The minimum atomic E-state index is -2.89. The number of amides is 1. The van der Waals surface area contributed by atoms with E-state index in [2.05, 4.69) is 10.3 Å². The monoisotopic (exact) mass is 364 g/mol. The number of nitrogens with one attached hydrogen (secondary N) is 1. The van der Waals surface area contributed by atoms with Crippen LogP contribution in [0.4, 0.5) is 0 Å². The molecule has 25 heavy (non-hydrogen) atoms. The van der Waals surface area contributed by atoms with Crippen LogP contribution in [0.3, 0.4) is 0 Å². The smallest absolute Gasteiger partial charge is 0.221 e. The lowest BCUT2D eigenvalue weighted by Gasteiger charge is -2.22. The average molecular weight is 364 g/mol. The van der Waals surface area contributed by atoms with Gasteiger partial charge in [0.05, 0.1) is 23.7 Å². The van der Waals surface area contributed by atoms with Crippen molar-refractivity contribution in [1.29, 1.82) is 0 Å². The van der Waals surface area contributed by atoms with Gasteiger partial charge in [-0.25, -0.2) is 13.4 Å². The van der Waals surface area contributed by atoms with E-state index in [9.17, 15) is 13.2 Å². The molecule has 1 N–H and O–H groups in total. The molecule has 2 aromatic heterocycles. The van der Waals surface area contributed by atoms with Crippen molar-refractivity contribution in [2.24, 2.45) is 0 Å². The summed E-state index contributed by atoms with van der Waals surface area (Å²) < 4.78 is 25.0. The van der Waals surface area contributed by atoms with E-state index in [-0.39, 0.29) is 23.5 Å². The normalized spacial score (nSPS) is 19.6. The Balaban J connectivity index is 1.47. The van der Waals surface area contributed by atoms with Gasteiger partial charge in [-0.15, -0.1) is 0 Å². The average Bonchev–Trinajstić information content (AvgIpc) is 3.14. The summed E-state index contributed by atoms with van der Waals surface area (Å²) in [5.74, 6) is 0.397. The Morgan fingerprint density at radius 1 is 1.44 bits per heavy atom. The van der Waals surface area contributed by atoms with E-state index >= 15 is 0 Å². The zero-order valence-electron chi connectivity index (χ0n) is 14.6. The molecule has 0 radical (unpaired) electrons. The van der Waals surface area contributed by atoms with E-state index in [4.69, 9.17) is 0 Å². The molecule has 3 rings (SSSR count). The summed E-state index contributed by atoms with van der Waals surface area (Å²) in [7, 11) is -1.02. The van der Waals surface area contributed by atoms with Gasteiger partial charge in [-0.3, -0.25) is 4.79 Å². The Morgan fingerprint density at radius 2 is 2.24 bits per heavy atom. The second-order valence-corrected chi connectivity index (χ2v) is 8.92. The van der Waals surface area contributed by atoms with Gasteiger partial charge in [-0.2, -0.15) is 0 Å². The molecule has 0 aromatic carbocycles. The number of rotatable bonds is 6. The van der Waals surface area contributed by atoms with Gasteiger partial charge in [0, 0.05) is 30.9 Å². The van der Waals surface area contributed by atoms with Crippen LogP contribution in [-0.2, 0) is 21.2 Å². The van der Waals surface area contributed by atoms with Crippen LogP contribution in [0.5, 0.6) is 0 Å². The van der Waals surface area contributed by atoms with Gasteiger partial charge in [0.2, 0.25) is 5.91 Å². The first-order valence-corrected chi connectivity index (χ1v) is 10.3. The number of fused-ring (bicyclic) bond motifs is 1. The molecular weight excluding hydrogens is 340 g/mol. The predicted octanol–water partition coefficient (Wildman–Crippen LogP) is 0.768. The molecule has 0 unspecified atom stereocenters. The molecule has 3 heterocycles. The second-order valence-electron chi connectivity index (χ2n) is 6.69. The van der Waals surface area contributed by atoms with E-state index in [1.165, 1.54) is 0 Å². The molecule has 2 aromatic rings. The molecular formula is C17H24N4O3S. The van der Waals surface area contributed by atoms with Crippen LogP contribution in [0, 0.1) is 6.92 Å². The molecule has 0 bridgehead atoms. The molecule has 1 fully saturated rings. The lowest BCUT2D eigenvalue weighted by molar-refractivity contribution is -0.121. The van der Waals surface area contributed by atoms with Crippen LogP contribution in [0.25, 0.3) is 5.65 Å². The van der Waals surface area contributed by atoms with Gasteiger partial charge in [-0.05, 0) is 32.5 Å². The number of pyridine rings is 1. The number of carbonyl (C=O) groups is 1. The summed E-state index contributed by atoms with van der Waals surface area (Å²) in [5.41, 5.74) is 2.78. The third-order valence-corrected chi connectivity index (χ3v) is 6.49. The summed E-state index contributed by atoms with van der Waals surface area (Å²) in [6, 6.07) is 5.93. The summed E-state index contributed by atoms with van der Waals surface area (Å²) in [4.78, 5) is 18.5. The number of hydrogen-bond acceptors (Lipinski definition) is 5. The number of hydrogen-bond donors (Lipinski definition) is 1. The fourth-order valence-corrected chi connectivity index (χ4v) is 4.95. The Labute approximate surface area is 148 Å². The standard InChI is InChI=1S/C17H24N4O3S/c1-13-4-3-5-16-19-14(11-21(13)16)10-18-17(22)6-8-20(2)15-7-9-25(23,24)12-15/h3-5,11,15H,6-10,12H2,1-2H3,(H,18,22)/t15-/m1/s1. The number of nitrogens with zero attached hydrogens (tertiary/aromatic N) is 3. The van der Waals surface area contributed by atoms with Crippen molar-refractivity contribution in [3.63, 3.8) is 0 Å². The van der Waals surface area contributed by atoms with Crippen LogP contribution in [0.1, 0.15) is 24.2 Å². The van der Waals surface area contributed by atoms with Gasteiger partial charge >= 0.3 is 0 Å². The SMILES string of the molecule is Cc1cccc2nc(CNC(=O)CCN(C)[C@@H]3CCS(=O)(=O)C3)cn12. The highest BCUT2D eigenvalue weighted by atomic mass is 32.2. The minimum absolute atomic E-state index is 0.0271. The third kappa shape index (κ3) is 4.38. The van der Waals surface area contributed by atoms with E-state index in [1.54, 1.807) is 0 Å². The summed E-state index contributed by atoms with van der Waals surface area (Å²) in [5, 5.41) is 2.88. The topological polar surface area (TPSA) is 83.8 Å². The Hall–Kier alpha value is -1.93. The molecule has 0 saturated carbocycles. The van der Waals surface area contributed by atoms with Crippen LogP contribution >= 0.6 is 0 Å². The first kappa shape index (κ1) is 17.9. The Morgan fingerprint density at radius 3 is 2.92 bits per heavy atom. The molecule has 1 saturated heterocycles. The van der Waals surface area contributed by atoms with Crippen LogP contribution < -0.4 is 5.32 Å². The first-order chi connectivity index (χ1) is 11.8. The zero-order chi connectivity index (χ0) is 18.0. The van der Waals surface area contributed by atoms with Crippen molar-refractivity contribution in [2.75, 3.05) is 25.1 Å². The van der Waals surface area contributed by atoms with Crippen LogP contribution in [-0.4, -0.2) is 59.7 Å². The summed E-state index contributed by atoms with van der Waals surface area (Å²) in [6.45, 7) is 2.95. The zero-order valence-corrected chi connectivity index (χ0v) is 15.4. The van der Waals surface area contributed by atoms with E-state index < -0.39 is 9.84 Å². The highest BCUT2D eigenvalue weighted by molar-refractivity contribution is 7.91. The number of sulfone groups is 1. The van der Waals surface area contributed by atoms with E-state index in [0.717, 1.165) is 17.0 Å². The van der Waals surface area contributed by atoms with Crippen molar-refractivity contribution in [1.82, 2.24) is 19.6 Å². The van der Waals surface area contributed by atoms with Crippen molar-refractivity contribution in [3.8, 4) is 0 Å². The van der Waals surface area contributed by atoms with Crippen molar-refractivity contribution in [3.05, 3.63) is 35.8 Å². The number of aromatic nitrogens is 2. The molecule has 1 aliphatic rings. The number of aryl methyl sites for hydroxylation is 1. The molecule has 8 heteroatoms. The van der Waals surface area contributed by atoms with Crippen molar-refractivity contribution in [2.45, 2.75) is 32.4 Å². The molecule has 1 aliphatic heterocycles. The predicted molar refractivity (Wildman–Crippen MR) is 96.1 cm³/mol. The Bertz CT molecular complexity index is 875. The maximum atomic E-state index is 12.1. The highest BCUT2D eigenvalue weighted by Crippen LogP contribution is 2.16. The van der Waals surface area contributed by atoms with Gasteiger partial charge < -0.3 is 14.6 Å². The minimum Gasteiger partial charge on any atom is -0.350 e. The summed E-state index contributed by atoms with van der Waals surface area (Å²) in [6.07, 6.45) is 2.93. The van der Waals surface area contributed by atoms with Gasteiger partial charge in [0.15, 0.2) is 9.84 Å². The molecule has 0 aliphatic carbocycles. The van der Waals surface area contributed by atoms with Crippen molar-refractivity contribution >= 4 is 21.4 Å². The van der Waals surface area contributed by atoms with Crippen LogP contribution in [0.15, 0.2) is 24.4 Å².